The lowest BCUT2D eigenvalue weighted by atomic mass is 10.1. The van der Waals surface area contributed by atoms with E-state index in [-0.39, 0.29) is 17.8 Å². The molecule has 280 valence electrons. The van der Waals surface area contributed by atoms with Gasteiger partial charge in [0.1, 0.15) is 6.04 Å². The molecule has 0 heterocycles. The van der Waals surface area contributed by atoms with Gasteiger partial charge in [0.15, 0.2) is 5.96 Å². The summed E-state index contributed by atoms with van der Waals surface area (Å²) in [5, 5.41) is 5.95. The van der Waals surface area contributed by atoms with Crippen LogP contribution in [0.25, 0.3) is 0 Å². The third-order valence-corrected chi connectivity index (χ3v) is 9.02. The van der Waals surface area contributed by atoms with Crippen molar-refractivity contribution >= 4 is 17.8 Å². The maximum atomic E-state index is 12.9. The largest absolute Gasteiger partial charge is 0.370 e. The van der Waals surface area contributed by atoms with Crippen molar-refractivity contribution in [3.63, 3.8) is 0 Å². The van der Waals surface area contributed by atoms with Gasteiger partial charge in [0, 0.05) is 19.5 Å². The summed E-state index contributed by atoms with van der Waals surface area (Å²) in [6.45, 7) is 5.47. The van der Waals surface area contributed by atoms with Crippen molar-refractivity contribution in [1.29, 1.82) is 0 Å². The standard InChI is InChI=1S/C41H79N5O2/c1-3-5-7-9-11-13-15-17-19-21-23-25-27-29-31-33-36-44-40(48)38(35-37-45-41(42)43)46-39(47)34-32-30-28-26-24-22-20-18-16-14-12-10-8-6-4-2/h17-20,38H,3-16,21-37H2,1-2H3,(H,44,48)(H,46,47)(H4,42,43,45). The fraction of sp³-hybridized carbons (Fsp3) is 0.829. The number of carbonyl (C=O) groups is 2. The van der Waals surface area contributed by atoms with Crippen molar-refractivity contribution < 1.29 is 9.59 Å². The summed E-state index contributed by atoms with van der Waals surface area (Å²) in [5.74, 6) is -0.223. The summed E-state index contributed by atoms with van der Waals surface area (Å²) in [7, 11) is 0. The van der Waals surface area contributed by atoms with E-state index < -0.39 is 6.04 Å². The van der Waals surface area contributed by atoms with Gasteiger partial charge in [0.25, 0.3) is 0 Å². The molecule has 0 spiro atoms. The molecule has 0 aliphatic heterocycles. The predicted molar refractivity (Wildman–Crippen MR) is 209 cm³/mol. The summed E-state index contributed by atoms with van der Waals surface area (Å²) < 4.78 is 0. The number of nitrogens with zero attached hydrogens (tertiary/aromatic N) is 1. The van der Waals surface area contributed by atoms with Gasteiger partial charge < -0.3 is 22.1 Å². The molecule has 1 atom stereocenters. The van der Waals surface area contributed by atoms with Crippen LogP contribution in [0.15, 0.2) is 29.3 Å². The second-order valence-electron chi connectivity index (χ2n) is 13.8. The lowest BCUT2D eigenvalue weighted by Crippen LogP contribution is -2.47. The Kier molecular flexibility index (Phi) is 35.7. The Labute approximate surface area is 297 Å². The van der Waals surface area contributed by atoms with E-state index in [4.69, 9.17) is 11.5 Å². The van der Waals surface area contributed by atoms with Gasteiger partial charge in [-0.15, -0.1) is 0 Å². The molecule has 0 saturated carbocycles. The number of rotatable bonds is 36. The minimum Gasteiger partial charge on any atom is -0.370 e. The Balaban J connectivity index is 3.96. The van der Waals surface area contributed by atoms with Crippen LogP contribution in [-0.2, 0) is 9.59 Å². The zero-order valence-corrected chi connectivity index (χ0v) is 31.7. The fourth-order valence-electron chi connectivity index (χ4n) is 5.92. The van der Waals surface area contributed by atoms with Gasteiger partial charge in [0.2, 0.25) is 11.8 Å². The number of allylic oxidation sites excluding steroid dienone is 4. The van der Waals surface area contributed by atoms with Gasteiger partial charge in [-0.1, -0.05) is 147 Å². The Hall–Kier alpha value is -2.31. The number of nitrogens with two attached hydrogens (primary N) is 2. The van der Waals surface area contributed by atoms with Gasteiger partial charge >= 0.3 is 0 Å². The van der Waals surface area contributed by atoms with E-state index in [1.165, 1.54) is 135 Å². The summed E-state index contributed by atoms with van der Waals surface area (Å²) >= 11 is 0. The summed E-state index contributed by atoms with van der Waals surface area (Å²) in [6, 6.07) is -0.613. The molecule has 0 aromatic carbocycles. The number of amides is 2. The van der Waals surface area contributed by atoms with E-state index in [1.807, 2.05) is 0 Å². The molecule has 1 unspecified atom stereocenters. The van der Waals surface area contributed by atoms with Crippen molar-refractivity contribution in [2.75, 3.05) is 13.1 Å². The number of guanidine groups is 1. The molecule has 0 fully saturated rings. The Morgan fingerprint density at radius 1 is 0.562 bits per heavy atom. The third-order valence-electron chi connectivity index (χ3n) is 9.02. The molecule has 7 heteroatoms. The maximum absolute atomic E-state index is 12.9. The Morgan fingerprint density at radius 2 is 0.958 bits per heavy atom. The van der Waals surface area contributed by atoms with Crippen LogP contribution in [-0.4, -0.2) is 36.9 Å². The molecule has 6 N–H and O–H groups in total. The van der Waals surface area contributed by atoms with Crippen LogP contribution in [0.1, 0.15) is 200 Å². The topological polar surface area (TPSA) is 123 Å². The molecule has 48 heavy (non-hydrogen) atoms. The van der Waals surface area contributed by atoms with E-state index in [2.05, 4.69) is 53.8 Å². The average molecular weight is 674 g/mol. The first kappa shape index (κ1) is 45.7. The van der Waals surface area contributed by atoms with Gasteiger partial charge in [-0.2, -0.15) is 0 Å². The van der Waals surface area contributed by atoms with E-state index >= 15 is 0 Å². The van der Waals surface area contributed by atoms with Crippen LogP contribution in [0.4, 0.5) is 0 Å². The molecule has 2 amide bonds. The van der Waals surface area contributed by atoms with Crippen molar-refractivity contribution in [3.05, 3.63) is 24.3 Å². The first-order valence-corrected chi connectivity index (χ1v) is 20.4. The van der Waals surface area contributed by atoms with Crippen molar-refractivity contribution in [2.45, 2.75) is 206 Å². The van der Waals surface area contributed by atoms with Crippen LogP contribution in [0.2, 0.25) is 0 Å². The highest BCUT2D eigenvalue weighted by molar-refractivity contribution is 5.87. The molecule has 0 aliphatic carbocycles. The van der Waals surface area contributed by atoms with Gasteiger partial charge in [0.05, 0.1) is 0 Å². The first-order valence-electron chi connectivity index (χ1n) is 20.4. The molecule has 0 radical (unpaired) electrons. The van der Waals surface area contributed by atoms with Crippen molar-refractivity contribution in [3.8, 4) is 0 Å². The Morgan fingerprint density at radius 3 is 1.40 bits per heavy atom. The first-order chi connectivity index (χ1) is 23.5. The monoisotopic (exact) mass is 674 g/mol. The average Bonchev–Trinajstić information content (AvgIpc) is 3.07. The van der Waals surface area contributed by atoms with E-state index in [1.54, 1.807) is 0 Å². The molecule has 0 rings (SSSR count). The SMILES string of the molecule is CCCCCCCCC=CCCCCCCCCNC(=O)C(CCN=C(N)N)NC(=O)CCCCCCCC=CCCCCCCCC. The minimum absolute atomic E-state index is 0.00188. The lowest BCUT2D eigenvalue weighted by molar-refractivity contribution is -0.129. The zero-order valence-electron chi connectivity index (χ0n) is 31.7. The highest BCUT2D eigenvalue weighted by Gasteiger charge is 2.20. The number of nitrogens with one attached hydrogen (secondary N) is 2. The Bertz CT molecular complexity index is 807. The van der Waals surface area contributed by atoms with Crippen molar-refractivity contribution in [1.82, 2.24) is 10.6 Å². The normalized spacial score (nSPS) is 12.1. The smallest absolute Gasteiger partial charge is 0.242 e. The van der Waals surface area contributed by atoms with Crippen LogP contribution < -0.4 is 22.1 Å². The van der Waals surface area contributed by atoms with Gasteiger partial charge in [-0.3, -0.25) is 14.6 Å². The van der Waals surface area contributed by atoms with Gasteiger partial charge in [-0.05, 0) is 70.6 Å². The second kappa shape index (κ2) is 37.5. The number of hydrogen-bond donors (Lipinski definition) is 4. The van der Waals surface area contributed by atoms with Crippen LogP contribution in [0.3, 0.4) is 0 Å². The van der Waals surface area contributed by atoms with Gasteiger partial charge in [-0.25, -0.2) is 0 Å². The van der Waals surface area contributed by atoms with Crippen molar-refractivity contribution in [2.24, 2.45) is 16.5 Å². The number of unbranched alkanes of at least 4 members (excludes halogenated alkanes) is 23. The molecular weight excluding hydrogens is 594 g/mol. The quantitative estimate of drug-likeness (QED) is 0.0229. The zero-order chi connectivity index (χ0) is 35.2. The lowest BCUT2D eigenvalue weighted by Gasteiger charge is -2.18. The number of aliphatic imine (C=N–C) groups is 1. The maximum Gasteiger partial charge on any atom is 0.242 e. The minimum atomic E-state index is -0.613. The fourth-order valence-corrected chi connectivity index (χ4v) is 5.92. The second-order valence-corrected chi connectivity index (χ2v) is 13.8. The predicted octanol–water partition coefficient (Wildman–Crippen LogP) is 10.3. The summed E-state index contributed by atoms with van der Waals surface area (Å²) in [6.07, 6.45) is 43.8. The number of hydrogen-bond acceptors (Lipinski definition) is 3. The third kappa shape index (κ3) is 35.0. The van der Waals surface area contributed by atoms with Crippen LogP contribution in [0.5, 0.6) is 0 Å². The molecule has 0 aromatic heterocycles. The summed E-state index contributed by atoms with van der Waals surface area (Å²) in [5.41, 5.74) is 10.9. The molecule has 7 nitrogen and oxygen atoms in total. The summed E-state index contributed by atoms with van der Waals surface area (Å²) in [4.78, 5) is 29.5. The van der Waals surface area contributed by atoms with E-state index in [0.29, 0.717) is 25.9 Å². The number of carbonyl (C=O) groups excluding carboxylic acids is 2. The van der Waals surface area contributed by atoms with Crippen LogP contribution in [0, 0.1) is 0 Å². The highest BCUT2D eigenvalue weighted by Crippen LogP contribution is 2.12. The van der Waals surface area contributed by atoms with E-state index in [0.717, 1.165) is 38.5 Å². The molecule has 0 saturated heterocycles. The highest BCUT2D eigenvalue weighted by atomic mass is 16.2. The molecule has 0 aromatic rings. The molecule has 0 aliphatic rings. The molecule has 0 bridgehead atoms. The molecular formula is C41H79N5O2. The van der Waals surface area contributed by atoms with E-state index in [9.17, 15) is 9.59 Å². The van der Waals surface area contributed by atoms with Crippen LogP contribution >= 0.6 is 0 Å².